The van der Waals surface area contributed by atoms with Crippen molar-refractivity contribution in [3.05, 3.63) is 230 Å². The molecule has 0 atom stereocenters. The van der Waals surface area contributed by atoms with Crippen LogP contribution in [0.3, 0.4) is 0 Å². The molecule has 262 valence electrons. The molecular formula is C54H41N. The molecule has 0 amide bonds. The first kappa shape index (κ1) is 33.8. The van der Waals surface area contributed by atoms with E-state index in [9.17, 15) is 0 Å². The van der Waals surface area contributed by atoms with E-state index in [-0.39, 0.29) is 0 Å². The summed E-state index contributed by atoms with van der Waals surface area (Å²) in [7, 11) is 0. The zero-order chi connectivity index (χ0) is 36.8. The molecule has 8 aromatic carbocycles. The second kappa shape index (κ2) is 15.6. The molecule has 0 aromatic heterocycles. The van der Waals surface area contributed by atoms with E-state index in [0.29, 0.717) is 0 Å². The summed E-state index contributed by atoms with van der Waals surface area (Å²) in [5, 5.41) is 0. The first-order valence-corrected chi connectivity index (χ1v) is 19.1. The number of allylic oxidation sites excluding steroid dienone is 4. The van der Waals surface area contributed by atoms with Gasteiger partial charge in [0.2, 0.25) is 0 Å². The predicted octanol–water partition coefficient (Wildman–Crippen LogP) is 15.2. The van der Waals surface area contributed by atoms with E-state index in [4.69, 9.17) is 0 Å². The molecule has 0 saturated heterocycles. The predicted molar refractivity (Wildman–Crippen MR) is 235 cm³/mol. The quantitative estimate of drug-likeness (QED) is 0.145. The molecule has 8 aromatic rings. The average molecular weight is 704 g/mol. The first-order valence-electron chi connectivity index (χ1n) is 19.1. The number of rotatable bonds is 9. The third-order valence-corrected chi connectivity index (χ3v) is 10.6. The maximum atomic E-state index is 2.40. The zero-order valence-electron chi connectivity index (χ0n) is 30.7. The van der Waals surface area contributed by atoms with Crippen molar-refractivity contribution >= 4 is 22.6 Å². The van der Waals surface area contributed by atoms with E-state index >= 15 is 0 Å². The van der Waals surface area contributed by atoms with Crippen LogP contribution in [0.5, 0.6) is 0 Å². The van der Waals surface area contributed by atoms with Crippen molar-refractivity contribution in [2.45, 2.75) is 12.8 Å². The largest absolute Gasteiger partial charge is 0.310 e. The van der Waals surface area contributed by atoms with Crippen molar-refractivity contribution in [2.75, 3.05) is 4.90 Å². The Hall–Kier alpha value is -6.96. The molecular weight excluding hydrogens is 663 g/mol. The van der Waals surface area contributed by atoms with Gasteiger partial charge in [-0.3, -0.25) is 0 Å². The van der Waals surface area contributed by atoms with Gasteiger partial charge in [-0.15, -0.1) is 0 Å². The van der Waals surface area contributed by atoms with Crippen LogP contribution in [0.4, 0.5) is 17.1 Å². The van der Waals surface area contributed by atoms with E-state index in [1.807, 2.05) is 0 Å². The van der Waals surface area contributed by atoms with Crippen LogP contribution in [-0.2, 0) is 0 Å². The fourth-order valence-electron chi connectivity index (χ4n) is 7.66. The third kappa shape index (κ3) is 7.34. The summed E-state index contributed by atoms with van der Waals surface area (Å²) < 4.78 is 0. The molecule has 0 spiro atoms. The van der Waals surface area contributed by atoms with E-state index in [0.717, 1.165) is 29.9 Å². The number of hydrogen-bond donors (Lipinski definition) is 0. The molecule has 1 heteroatoms. The Morgan fingerprint density at radius 3 is 1.07 bits per heavy atom. The van der Waals surface area contributed by atoms with Crippen LogP contribution in [0.1, 0.15) is 18.4 Å². The van der Waals surface area contributed by atoms with Crippen molar-refractivity contribution in [3.63, 3.8) is 0 Å². The highest BCUT2D eigenvalue weighted by Crippen LogP contribution is 2.42. The number of benzene rings is 8. The molecule has 0 N–H and O–H groups in total. The van der Waals surface area contributed by atoms with Crippen molar-refractivity contribution in [1.29, 1.82) is 0 Å². The number of anilines is 3. The smallest absolute Gasteiger partial charge is 0.0468 e. The molecule has 0 fully saturated rings. The Bertz CT molecular complexity index is 2480. The second-order valence-corrected chi connectivity index (χ2v) is 14.1. The molecule has 0 saturated carbocycles. The highest BCUT2D eigenvalue weighted by atomic mass is 15.1. The van der Waals surface area contributed by atoms with E-state index in [2.05, 4.69) is 229 Å². The lowest BCUT2D eigenvalue weighted by atomic mass is 9.89. The van der Waals surface area contributed by atoms with Gasteiger partial charge in [0.1, 0.15) is 0 Å². The molecule has 1 nitrogen and oxygen atoms in total. The fraction of sp³-hybridized carbons (Fsp3) is 0.0370. The fourth-order valence-corrected chi connectivity index (χ4v) is 7.66. The van der Waals surface area contributed by atoms with Crippen molar-refractivity contribution in [2.24, 2.45) is 0 Å². The highest BCUT2D eigenvalue weighted by Gasteiger charge is 2.18. The molecule has 0 radical (unpaired) electrons. The normalized spacial score (nSPS) is 12.3. The van der Waals surface area contributed by atoms with Crippen LogP contribution >= 0.6 is 0 Å². The van der Waals surface area contributed by atoms with Gasteiger partial charge < -0.3 is 4.90 Å². The molecule has 1 aliphatic carbocycles. The Labute approximate surface area is 324 Å². The average Bonchev–Trinajstić information content (AvgIpc) is 3.28. The van der Waals surface area contributed by atoms with Crippen LogP contribution in [0, 0.1) is 0 Å². The minimum absolute atomic E-state index is 1.01. The molecule has 1 aliphatic rings. The van der Waals surface area contributed by atoms with Gasteiger partial charge in [0.05, 0.1) is 0 Å². The molecule has 9 rings (SSSR count). The summed E-state index contributed by atoms with van der Waals surface area (Å²) in [6.07, 6.45) is 8.82. The Morgan fingerprint density at radius 2 is 0.673 bits per heavy atom. The number of nitrogens with zero attached hydrogens (tertiary/aromatic N) is 1. The third-order valence-electron chi connectivity index (χ3n) is 10.6. The monoisotopic (exact) mass is 703 g/mol. The van der Waals surface area contributed by atoms with Gasteiger partial charge in [-0.2, -0.15) is 0 Å². The molecule has 55 heavy (non-hydrogen) atoms. The topological polar surface area (TPSA) is 3.24 Å². The van der Waals surface area contributed by atoms with Gasteiger partial charge in [-0.25, -0.2) is 0 Å². The van der Waals surface area contributed by atoms with Gasteiger partial charge in [-0.1, -0.05) is 188 Å². The summed E-state index contributed by atoms with van der Waals surface area (Å²) in [4.78, 5) is 2.39. The van der Waals surface area contributed by atoms with Crippen LogP contribution in [-0.4, -0.2) is 0 Å². The van der Waals surface area contributed by atoms with Gasteiger partial charge in [0, 0.05) is 17.1 Å². The summed E-state index contributed by atoms with van der Waals surface area (Å²) >= 11 is 0. The molecule has 0 heterocycles. The summed E-state index contributed by atoms with van der Waals surface area (Å²) in [5.74, 6) is 0. The lowest BCUT2D eigenvalue weighted by Gasteiger charge is -2.28. The highest BCUT2D eigenvalue weighted by molar-refractivity contribution is 5.88. The van der Waals surface area contributed by atoms with Crippen molar-refractivity contribution < 1.29 is 0 Å². The van der Waals surface area contributed by atoms with Crippen molar-refractivity contribution in [3.8, 4) is 55.6 Å². The minimum Gasteiger partial charge on any atom is -0.310 e. The van der Waals surface area contributed by atoms with Crippen LogP contribution in [0.15, 0.2) is 224 Å². The SMILES string of the molecule is C1=CCCC(c2cc(N(c3ccc(-c4ccccc4)cc3)c3ccc(-c4ccccc4)cc3)ccc2-c2ccc(-c3ccc(-c4ccccc4)cc3)cc2)=C1. The van der Waals surface area contributed by atoms with Crippen LogP contribution in [0.25, 0.3) is 61.2 Å². The van der Waals surface area contributed by atoms with Crippen molar-refractivity contribution in [1.82, 2.24) is 0 Å². The second-order valence-electron chi connectivity index (χ2n) is 14.1. The van der Waals surface area contributed by atoms with Crippen LogP contribution in [0.2, 0.25) is 0 Å². The van der Waals surface area contributed by atoms with Gasteiger partial charge >= 0.3 is 0 Å². The summed E-state index contributed by atoms with van der Waals surface area (Å²) in [6.45, 7) is 0. The summed E-state index contributed by atoms with van der Waals surface area (Å²) in [5.41, 5.74) is 18.2. The Balaban J connectivity index is 1.10. The minimum atomic E-state index is 1.01. The van der Waals surface area contributed by atoms with Gasteiger partial charge in [0.25, 0.3) is 0 Å². The Morgan fingerprint density at radius 1 is 0.309 bits per heavy atom. The lowest BCUT2D eigenvalue weighted by molar-refractivity contribution is 1.05. The molecule has 0 unspecified atom stereocenters. The van der Waals surface area contributed by atoms with E-state index in [1.165, 1.54) is 66.8 Å². The van der Waals surface area contributed by atoms with Gasteiger partial charge in [-0.05, 0) is 116 Å². The summed E-state index contributed by atoms with van der Waals surface area (Å²) in [6, 6.07) is 74.6. The zero-order valence-corrected chi connectivity index (χ0v) is 30.7. The Kier molecular flexibility index (Phi) is 9.58. The maximum absolute atomic E-state index is 2.40. The molecule has 0 bridgehead atoms. The lowest BCUT2D eigenvalue weighted by Crippen LogP contribution is -2.10. The molecule has 0 aliphatic heterocycles. The maximum Gasteiger partial charge on any atom is 0.0468 e. The van der Waals surface area contributed by atoms with E-state index < -0.39 is 0 Å². The first-order chi connectivity index (χ1) is 27.3. The number of hydrogen-bond acceptors (Lipinski definition) is 1. The van der Waals surface area contributed by atoms with E-state index in [1.54, 1.807) is 0 Å². The van der Waals surface area contributed by atoms with Crippen LogP contribution < -0.4 is 4.90 Å². The standard InChI is InChI=1S/C54H41N/c1-5-13-40(14-6-1)43-21-23-44(24-22-43)45-25-27-49(28-26-45)53-38-37-52(39-54(53)48-19-11-4-12-20-48)55(50-33-29-46(30-34-50)41-15-7-2-8-16-41)51-35-31-47(32-36-51)42-17-9-3-10-18-42/h1-11,13-19,21-39H,12,20H2. The van der Waals surface area contributed by atoms with Gasteiger partial charge in [0.15, 0.2) is 0 Å².